The van der Waals surface area contributed by atoms with Crippen LogP contribution in [0.3, 0.4) is 0 Å². The molecule has 2 heterocycles. The van der Waals surface area contributed by atoms with Crippen LogP contribution in [0.1, 0.15) is 25.5 Å². The quantitative estimate of drug-likeness (QED) is 0.771. The Labute approximate surface area is 110 Å². The Morgan fingerprint density at radius 2 is 2.32 bits per heavy atom. The van der Waals surface area contributed by atoms with Crippen LogP contribution in [0.25, 0.3) is 0 Å². The van der Waals surface area contributed by atoms with Crippen molar-refractivity contribution in [1.82, 2.24) is 4.98 Å². The van der Waals surface area contributed by atoms with Crippen molar-refractivity contribution in [1.29, 1.82) is 0 Å². The first-order chi connectivity index (χ1) is 9.10. The average Bonchev–Trinajstić information content (AvgIpc) is 2.33. The van der Waals surface area contributed by atoms with Gasteiger partial charge in [0.25, 0.3) is 6.43 Å². The fraction of sp³-hybridized carbons (Fsp3) is 0.538. The number of carbonyl (C=O) groups is 1. The summed E-state index contributed by atoms with van der Waals surface area (Å²) in [5.41, 5.74) is 0.511. The molecule has 0 atom stereocenters. The maximum atomic E-state index is 12.5. The van der Waals surface area contributed by atoms with E-state index in [1.54, 1.807) is 13.0 Å². The molecule has 4 nitrogen and oxygen atoms in total. The van der Waals surface area contributed by atoms with Crippen molar-refractivity contribution in [3.05, 3.63) is 24.0 Å². The molecule has 1 aliphatic heterocycles. The number of aromatic nitrogens is 1. The van der Waals surface area contributed by atoms with Crippen molar-refractivity contribution in [3.63, 3.8) is 0 Å². The Kier molecular flexibility index (Phi) is 4.29. The Morgan fingerprint density at radius 3 is 2.95 bits per heavy atom. The Balaban J connectivity index is 1.86. The molecule has 1 aliphatic rings. The number of esters is 1. The molecule has 1 saturated heterocycles. The van der Waals surface area contributed by atoms with Gasteiger partial charge >= 0.3 is 5.97 Å². The summed E-state index contributed by atoms with van der Waals surface area (Å²) in [6.45, 7) is 3.53. The van der Waals surface area contributed by atoms with Crippen LogP contribution in [0.4, 0.5) is 14.5 Å². The Morgan fingerprint density at radius 1 is 1.58 bits per heavy atom. The van der Waals surface area contributed by atoms with Gasteiger partial charge in [0, 0.05) is 30.9 Å². The number of halogens is 2. The zero-order valence-corrected chi connectivity index (χ0v) is 10.7. The largest absolute Gasteiger partial charge is 0.466 e. The third-order valence-corrected chi connectivity index (χ3v) is 3.07. The van der Waals surface area contributed by atoms with Crippen LogP contribution in [-0.2, 0) is 9.53 Å². The van der Waals surface area contributed by atoms with E-state index in [2.05, 4.69) is 4.98 Å². The van der Waals surface area contributed by atoms with Gasteiger partial charge in [0.15, 0.2) is 0 Å². The van der Waals surface area contributed by atoms with Crippen LogP contribution in [0.15, 0.2) is 18.3 Å². The second-order valence-corrected chi connectivity index (χ2v) is 4.52. The minimum absolute atomic E-state index is 0.199. The van der Waals surface area contributed by atoms with Gasteiger partial charge in [-0.3, -0.25) is 9.78 Å². The van der Waals surface area contributed by atoms with Gasteiger partial charge in [-0.2, -0.15) is 0 Å². The van der Waals surface area contributed by atoms with Crippen LogP contribution in [0.2, 0.25) is 0 Å². The van der Waals surface area contributed by atoms with Gasteiger partial charge in [-0.1, -0.05) is 0 Å². The van der Waals surface area contributed by atoms with E-state index in [4.69, 9.17) is 4.74 Å². The van der Waals surface area contributed by atoms with Crippen LogP contribution < -0.4 is 4.90 Å². The van der Waals surface area contributed by atoms with E-state index in [0.29, 0.717) is 26.1 Å². The van der Waals surface area contributed by atoms with Gasteiger partial charge < -0.3 is 9.64 Å². The number of pyridine rings is 1. The summed E-state index contributed by atoms with van der Waals surface area (Å²) in [7, 11) is 0. The number of rotatable bonds is 5. The molecule has 1 fully saturated rings. The third-order valence-electron chi connectivity index (χ3n) is 3.07. The van der Waals surface area contributed by atoms with E-state index in [0.717, 1.165) is 5.69 Å². The third kappa shape index (κ3) is 3.39. The number of hydrogen-bond acceptors (Lipinski definition) is 4. The monoisotopic (exact) mass is 270 g/mol. The lowest BCUT2D eigenvalue weighted by molar-refractivity contribution is -0.144. The summed E-state index contributed by atoms with van der Waals surface area (Å²) in [6.07, 6.45) is -0.788. The van der Waals surface area contributed by atoms with Crippen molar-refractivity contribution >= 4 is 11.7 Å². The molecule has 0 aromatic carbocycles. The van der Waals surface area contributed by atoms with Gasteiger partial charge in [0.05, 0.1) is 13.0 Å². The number of anilines is 1. The zero-order valence-electron chi connectivity index (χ0n) is 10.7. The molecule has 0 N–H and O–H groups in total. The van der Waals surface area contributed by atoms with E-state index in [1.165, 1.54) is 12.3 Å². The maximum Gasteiger partial charge on any atom is 0.306 e. The highest BCUT2D eigenvalue weighted by molar-refractivity contribution is 5.70. The first-order valence-electron chi connectivity index (χ1n) is 6.24. The van der Waals surface area contributed by atoms with E-state index >= 15 is 0 Å². The molecular weight excluding hydrogens is 254 g/mol. The van der Waals surface area contributed by atoms with Crippen molar-refractivity contribution in [2.45, 2.75) is 19.8 Å². The number of ether oxygens (including phenoxy) is 1. The number of carbonyl (C=O) groups excluding carboxylic acids is 1. The molecule has 104 valence electrons. The normalized spacial score (nSPS) is 15.5. The lowest BCUT2D eigenvalue weighted by Gasteiger charge is -2.40. The highest BCUT2D eigenvalue weighted by atomic mass is 19.3. The Hall–Kier alpha value is -1.72. The minimum atomic E-state index is -2.56. The lowest BCUT2D eigenvalue weighted by Crippen LogP contribution is -2.47. The predicted octanol–water partition coefficient (Wildman–Crippen LogP) is 2.41. The van der Waals surface area contributed by atoms with E-state index in [1.807, 2.05) is 4.90 Å². The molecule has 1 aromatic heterocycles. The molecule has 0 bridgehead atoms. The number of hydrogen-bond donors (Lipinski definition) is 0. The maximum absolute atomic E-state index is 12.5. The second-order valence-electron chi connectivity index (χ2n) is 4.52. The number of nitrogens with zero attached hydrogens (tertiary/aromatic N) is 2. The summed E-state index contributed by atoms with van der Waals surface area (Å²) < 4.78 is 29.9. The predicted molar refractivity (Wildman–Crippen MR) is 66.1 cm³/mol. The van der Waals surface area contributed by atoms with Crippen molar-refractivity contribution in [2.24, 2.45) is 5.92 Å². The molecule has 0 saturated carbocycles. The van der Waals surface area contributed by atoms with Crippen molar-refractivity contribution in [2.75, 3.05) is 24.6 Å². The Bertz CT molecular complexity index is 448. The first-order valence-corrected chi connectivity index (χ1v) is 6.24. The molecule has 0 aliphatic carbocycles. The smallest absolute Gasteiger partial charge is 0.306 e. The molecule has 2 rings (SSSR count). The zero-order chi connectivity index (χ0) is 13.8. The topological polar surface area (TPSA) is 42.4 Å². The summed E-state index contributed by atoms with van der Waals surface area (Å²) in [5, 5.41) is 0. The lowest BCUT2D eigenvalue weighted by atomic mass is 9.95. The highest BCUT2D eigenvalue weighted by Crippen LogP contribution is 2.28. The van der Waals surface area contributed by atoms with Crippen molar-refractivity contribution < 1.29 is 18.3 Å². The van der Waals surface area contributed by atoms with Crippen molar-refractivity contribution in [3.8, 4) is 0 Å². The van der Waals surface area contributed by atoms with Gasteiger partial charge in [-0.25, -0.2) is 8.78 Å². The molecule has 1 aromatic rings. The average molecular weight is 270 g/mol. The number of alkyl halides is 2. The summed E-state index contributed by atoms with van der Waals surface area (Å²) in [4.78, 5) is 16.9. The standard InChI is InChI=1S/C13H16F2N2O2/c1-2-19-12(18)5-9-7-17(8-9)10-3-4-16-11(6-10)13(14)15/h3-4,6,9,13H,2,5,7-8H2,1H3. The summed E-state index contributed by atoms with van der Waals surface area (Å²) in [5.74, 6) is 0.0392. The molecule has 0 spiro atoms. The van der Waals surface area contributed by atoms with Gasteiger partial charge in [-0.15, -0.1) is 0 Å². The van der Waals surface area contributed by atoms with Crippen LogP contribution >= 0.6 is 0 Å². The SMILES string of the molecule is CCOC(=O)CC1CN(c2ccnc(C(F)F)c2)C1. The van der Waals surface area contributed by atoms with E-state index in [-0.39, 0.29) is 17.6 Å². The van der Waals surface area contributed by atoms with Crippen LogP contribution in [0, 0.1) is 5.92 Å². The molecule has 0 amide bonds. The molecular formula is C13H16F2N2O2. The molecule has 19 heavy (non-hydrogen) atoms. The second kappa shape index (κ2) is 5.95. The van der Waals surface area contributed by atoms with Gasteiger partial charge in [0.1, 0.15) is 5.69 Å². The fourth-order valence-electron chi connectivity index (χ4n) is 2.12. The van der Waals surface area contributed by atoms with Crippen LogP contribution in [-0.4, -0.2) is 30.6 Å². The van der Waals surface area contributed by atoms with Gasteiger partial charge in [-0.05, 0) is 19.1 Å². The molecule has 0 radical (unpaired) electrons. The summed E-state index contributed by atoms with van der Waals surface area (Å²) >= 11 is 0. The molecule has 6 heteroatoms. The van der Waals surface area contributed by atoms with E-state index < -0.39 is 6.43 Å². The fourth-order valence-corrected chi connectivity index (χ4v) is 2.12. The highest BCUT2D eigenvalue weighted by Gasteiger charge is 2.29. The van der Waals surface area contributed by atoms with Crippen LogP contribution in [0.5, 0.6) is 0 Å². The molecule has 0 unspecified atom stereocenters. The first kappa shape index (κ1) is 13.7. The van der Waals surface area contributed by atoms with Gasteiger partial charge in [0.2, 0.25) is 0 Å². The van der Waals surface area contributed by atoms with E-state index in [9.17, 15) is 13.6 Å². The summed E-state index contributed by atoms with van der Waals surface area (Å²) in [6, 6.07) is 3.09. The minimum Gasteiger partial charge on any atom is -0.466 e.